The minimum atomic E-state index is -3.79. The number of nitrogens with zero attached hydrogens (tertiary/aromatic N) is 2. The first-order valence-corrected chi connectivity index (χ1v) is 13.7. The summed E-state index contributed by atoms with van der Waals surface area (Å²) < 4.78 is 26.2. The quantitative estimate of drug-likeness (QED) is 0.437. The maximum atomic E-state index is 13.6. The molecule has 0 aliphatic rings. The molecule has 1 atom stereocenters. The second kappa shape index (κ2) is 12.8. The van der Waals surface area contributed by atoms with Gasteiger partial charge in [0.1, 0.15) is 12.6 Å². The number of sulfonamides is 1. The van der Waals surface area contributed by atoms with E-state index in [1.54, 1.807) is 18.2 Å². The molecule has 2 amide bonds. The van der Waals surface area contributed by atoms with E-state index in [0.29, 0.717) is 23.7 Å². The zero-order valence-electron chi connectivity index (χ0n) is 20.3. The molecule has 9 heteroatoms. The van der Waals surface area contributed by atoms with Crippen LogP contribution in [-0.2, 0) is 26.2 Å². The number of aryl methyl sites for hydroxylation is 1. The second-order valence-electron chi connectivity index (χ2n) is 8.27. The molecule has 7 nitrogen and oxygen atoms in total. The molecule has 2 rings (SSSR count). The Labute approximate surface area is 208 Å². The molecular weight excluding hydrogens is 474 g/mol. The van der Waals surface area contributed by atoms with Gasteiger partial charge in [-0.1, -0.05) is 62.2 Å². The highest BCUT2D eigenvalue weighted by Gasteiger charge is 2.31. The van der Waals surface area contributed by atoms with Gasteiger partial charge in [-0.2, -0.15) is 0 Å². The first-order valence-electron chi connectivity index (χ1n) is 11.4. The molecule has 0 aliphatic carbocycles. The van der Waals surface area contributed by atoms with E-state index < -0.39 is 28.5 Å². The van der Waals surface area contributed by atoms with Crippen molar-refractivity contribution in [3.05, 3.63) is 64.7 Å². The molecule has 0 aromatic heterocycles. The van der Waals surface area contributed by atoms with Crippen LogP contribution in [0.3, 0.4) is 0 Å². The number of rotatable bonds is 12. The number of carbonyl (C=O) groups is 2. The van der Waals surface area contributed by atoms with Crippen molar-refractivity contribution in [2.45, 2.75) is 52.6 Å². The zero-order chi connectivity index (χ0) is 25.3. The van der Waals surface area contributed by atoms with Crippen LogP contribution in [0.15, 0.2) is 48.5 Å². The lowest BCUT2D eigenvalue weighted by molar-refractivity contribution is -0.140. The first-order chi connectivity index (χ1) is 16.1. The average molecular weight is 508 g/mol. The Kier molecular flexibility index (Phi) is 10.4. The summed E-state index contributed by atoms with van der Waals surface area (Å²) in [5, 5.41) is 3.27. The molecule has 0 heterocycles. The van der Waals surface area contributed by atoms with Crippen LogP contribution >= 0.6 is 11.6 Å². The van der Waals surface area contributed by atoms with Gasteiger partial charge < -0.3 is 10.2 Å². The van der Waals surface area contributed by atoms with Gasteiger partial charge >= 0.3 is 0 Å². The van der Waals surface area contributed by atoms with Gasteiger partial charge in [0.05, 0.1) is 11.9 Å². The van der Waals surface area contributed by atoms with Crippen molar-refractivity contribution in [1.29, 1.82) is 0 Å². The standard InChI is InChI=1S/C25H34ClN3O4S/c1-5-7-15-27-25(31)23(6-2)28(17-20-12-9-8-11-19(20)3)24(30)18-29(34(4,32)33)22-14-10-13-21(26)16-22/h8-14,16,23H,5-7,15,17-18H2,1-4H3,(H,27,31). The molecule has 2 aromatic rings. The van der Waals surface area contributed by atoms with Crippen LogP contribution in [0.5, 0.6) is 0 Å². The summed E-state index contributed by atoms with van der Waals surface area (Å²) in [7, 11) is -3.79. The Balaban J connectivity index is 2.41. The second-order valence-corrected chi connectivity index (χ2v) is 10.6. The van der Waals surface area contributed by atoms with Crippen LogP contribution in [0, 0.1) is 6.92 Å². The summed E-state index contributed by atoms with van der Waals surface area (Å²) in [6.07, 6.45) is 3.21. The van der Waals surface area contributed by atoms with Crippen molar-refractivity contribution in [2.24, 2.45) is 0 Å². The fourth-order valence-corrected chi connectivity index (χ4v) is 4.67. The number of unbranched alkanes of at least 4 members (excludes halogenated alkanes) is 1. The van der Waals surface area contributed by atoms with Crippen molar-refractivity contribution in [1.82, 2.24) is 10.2 Å². The van der Waals surface area contributed by atoms with E-state index in [4.69, 9.17) is 11.6 Å². The molecule has 0 radical (unpaired) electrons. The lowest BCUT2D eigenvalue weighted by Gasteiger charge is -2.33. The summed E-state index contributed by atoms with van der Waals surface area (Å²) in [6.45, 7) is 6.09. The number of hydrogen-bond acceptors (Lipinski definition) is 4. The Morgan fingerprint density at radius 3 is 2.38 bits per heavy atom. The minimum absolute atomic E-state index is 0.193. The monoisotopic (exact) mass is 507 g/mol. The summed E-state index contributed by atoms with van der Waals surface area (Å²) >= 11 is 6.07. The molecule has 0 saturated carbocycles. The lowest BCUT2D eigenvalue weighted by Crippen LogP contribution is -2.52. The highest BCUT2D eigenvalue weighted by molar-refractivity contribution is 7.92. The number of halogens is 1. The van der Waals surface area contributed by atoms with Crippen LogP contribution in [0.1, 0.15) is 44.2 Å². The Hall–Kier alpha value is -2.58. The lowest BCUT2D eigenvalue weighted by atomic mass is 10.1. The fourth-order valence-electron chi connectivity index (χ4n) is 3.64. The van der Waals surface area contributed by atoms with Crippen molar-refractivity contribution in [3.8, 4) is 0 Å². The van der Waals surface area contributed by atoms with Crippen LogP contribution in [-0.4, -0.2) is 50.5 Å². The minimum Gasteiger partial charge on any atom is -0.354 e. The number of benzene rings is 2. The zero-order valence-corrected chi connectivity index (χ0v) is 21.8. The van der Waals surface area contributed by atoms with Crippen molar-refractivity contribution >= 4 is 39.1 Å². The van der Waals surface area contributed by atoms with E-state index >= 15 is 0 Å². The molecule has 34 heavy (non-hydrogen) atoms. The van der Waals surface area contributed by atoms with Gasteiger partial charge in [0.2, 0.25) is 21.8 Å². The van der Waals surface area contributed by atoms with E-state index in [9.17, 15) is 18.0 Å². The summed E-state index contributed by atoms with van der Waals surface area (Å²) in [5.41, 5.74) is 2.17. The normalized spacial score (nSPS) is 12.1. The van der Waals surface area contributed by atoms with Gasteiger partial charge in [-0.25, -0.2) is 8.42 Å². The molecule has 0 aliphatic heterocycles. The maximum Gasteiger partial charge on any atom is 0.244 e. The molecule has 0 spiro atoms. The van der Waals surface area contributed by atoms with E-state index in [0.717, 1.165) is 34.5 Å². The third kappa shape index (κ3) is 7.74. The van der Waals surface area contributed by atoms with Crippen LogP contribution in [0.2, 0.25) is 5.02 Å². The topological polar surface area (TPSA) is 86.8 Å². The van der Waals surface area contributed by atoms with Gasteiger partial charge in [-0.15, -0.1) is 0 Å². The molecule has 1 unspecified atom stereocenters. The van der Waals surface area contributed by atoms with E-state index in [1.807, 2.05) is 45.0 Å². The SMILES string of the molecule is CCCCNC(=O)C(CC)N(Cc1ccccc1C)C(=O)CN(c1cccc(Cl)c1)S(C)(=O)=O. The van der Waals surface area contributed by atoms with Crippen LogP contribution < -0.4 is 9.62 Å². The Morgan fingerprint density at radius 1 is 1.09 bits per heavy atom. The van der Waals surface area contributed by atoms with Crippen molar-refractivity contribution in [3.63, 3.8) is 0 Å². The number of carbonyl (C=O) groups excluding carboxylic acids is 2. The third-order valence-corrected chi connectivity index (χ3v) is 6.97. The predicted molar refractivity (Wildman–Crippen MR) is 137 cm³/mol. The Bertz CT molecular complexity index is 1090. The summed E-state index contributed by atoms with van der Waals surface area (Å²) in [5.74, 6) is -0.710. The predicted octanol–water partition coefficient (Wildman–Crippen LogP) is 4.14. The number of hydrogen-bond donors (Lipinski definition) is 1. The smallest absolute Gasteiger partial charge is 0.244 e. The van der Waals surface area contributed by atoms with Gasteiger partial charge in [0.25, 0.3) is 0 Å². The number of anilines is 1. The van der Waals surface area contributed by atoms with Gasteiger partial charge in [0, 0.05) is 18.1 Å². The molecule has 2 aromatic carbocycles. The molecule has 1 N–H and O–H groups in total. The summed E-state index contributed by atoms with van der Waals surface area (Å²) in [6, 6.07) is 13.2. The first kappa shape index (κ1) is 27.7. The van der Waals surface area contributed by atoms with Crippen LogP contribution in [0.4, 0.5) is 5.69 Å². The molecule has 0 bridgehead atoms. The van der Waals surface area contributed by atoms with E-state index in [-0.39, 0.29) is 12.5 Å². The van der Waals surface area contributed by atoms with Crippen molar-refractivity contribution < 1.29 is 18.0 Å². The van der Waals surface area contributed by atoms with Gasteiger partial charge in [-0.05, 0) is 49.1 Å². The average Bonchev–Trinajstić information content (AvgIpc) is 2.77. The van der Waals surface area contributed by atoms with Crippen LogP contribution in [0.25, 0.3) is 0 Å². The van der Waals surface area contributed by atoms with Crippen molar-refractivity contribution in [2.75, 3.05) is 23.7 Å². The molecule has 0 saturated heterocycles. The highest BCUT2D eigenvalue weighted by atomic mass is 35.5. The maximum absolute atomic E-state index is 13.6. The highest BCUT2D eigenvalue weighted by Crippen LogP contribution is 2.23. The number of nitrogens with one attached hydrogen (secondary N) is 1. The third-order valence-electron chi connectivity index (χ3n) is 5.59. The molecule has 0 fully saturated rings. The number of amides is 2. The summed E-state index contributed by atoms with van der Waals surface area (Å²) in [4.78, 5) is 28.1. The van der Waals surface area contributed by atoms with E-state index in [2.05, 4.69) is 5.32 Å². The largest absolute Gasteiger partial charge is 0.354 e. The van der Waals surface area contributed by atoms with E-state index in [1.165, 1.54) is 11.0 Å². The fraction of sp³-hybridized carbons (Fsp3) is 0.440. The molecular formula is C25H34ClN3O4S. The Morgan fingerprint density at radius 2 is 1.79 bits per heavy atom. The van der Waals surface area contributed by atoms with Gasteiger partial charge in [0.15, 0.2) is 0 Å². The van der Waals surface area contributed by atoms with Gasteiger partial charge in [-0.3, -0.25) is 13.9 Å². The molecule has 186 valence electrons.